The van der Waals surface area contributed by atoms with Crippen LogP contribution in [0.5, 0.6) is 0 Å². The summed E-state index contributed by atoms with van der Waals surface area (Å²) in [5.74, 6) is -2.99. The Hall–Kier alpha value is -3.16. The van der Waals surface area contributed by atoms with Gasteiger partial charge in [0.05, 0.1) is 11.0 Å². The minimum absolute atomic E-state index is 0.168. The Morgan fingerprint density at radius 3 is 2.23 bits per heavy atom. The van der Waals surface area contributed by atoms with E-state index in [9.17, 15) is 18.4 Å². The Morgan fingerprint density at radius 1 is 0.962 bits per heavy atom. The van der Waals surface area contributed by atoms with E-state index in [1.54, 1.807) is 32.3 Å². The zero-order valence-corrected chi connectivity index (χ0v) is 14.5. The second-order valence-corrected chi connectivity index (χ2v) is 6.15. The summed E-state index contributed by atoms with van der Waals surface area (Å²) in [6.07, 6.45) is 0. The molecule has 0 saturated carbocycles. The molecule has 3 aromatic rings. The number of anilines is 2. The van der Waals surface area contributed by atoms with Crippen LogP contribution in [0.1, 0.15) is 12.5 Å². The molecule has 1 aromatic heterocycles. The third-order valence-corrected chi connectivity index (χ3v) is 4.16. The summed E-state index contributed by atoms with van der Waals surface area (Å²) < 4.78 is 29.7. The SMILES string of the molecule is Cn1c(=O)n(C)c2cc(NC(=O)Nc3cccc(C(C)(F)F)c3)ccc21. The maximum absolute atomic E-state index is 13.4. The first kappa shape index (κ1) is 17.7. The number of hydrogen-bond acceptors (Lipinski definition) is 2. The van der Waals surface area contributed by atoms with Gasteiger partial charge >= 0.3 is 11.7 Å². The largest absolute Gasteiger partial charge is 0.328 e. The molecular weight excluding hydrogens is 342 g/mol. The minimum atomic E-state index is -2.99. The second kappa shape index (κ2) is 6.29. The van der Waals surface area contributed by atoms with Crippen LogP contribution in [0.3, 0.4) is 0 Å². The van der Waals surface area contributed by atoms with Gasteiger partial charge in [0, 0.05) is 38.0 Å². The molecule has 0 aliphatic carbocycles. The van der Waals surface area contributed by atoms with Gasteiger partial charge in [-0.05, 0) is 30.3 Å². The Morgan fingerprint density at radius 2 is 1.58 bits per heavy atom. The third-order valence-electron chi connectivity index (χ3n) is 4.16. The van der Waals surface area contributed by atoms with Crippen molar-refractivity contribution in [3.05, 3.63) is 58.5 Å². The predicted octanol–water partition coefficient (Wildman–Crippen LogP) is 3.63. The molecule has 2 N–H and O–H groups in total. The van der Waals surface area contributed by atoms with Gasteiger partial charge < -0.3 is 10.6 Å². The first-order chi connectivity index (χ1) is 12.2. The maximum Gasteiger partial charge on any atom is 0.328 e. The van der Waals surface area contributed by atoms with Crippen molar-refractivity contribution < 1.29 is 13.6 Å². The van der Waals surface area contributed by atoms with Gasteiger partial charge in [0.2, 0.25) is 0 Å². The highest BCUT2D eigenvalue weighted by molar-refractivity contribution is 6.00. The summed E-state index contributed by atoms with van der Waals surface area (Å²) >= 11 is 0. The van der Waals surface area contributed by atoms with Gasteiger partial charge in [-0.3, -0.25) is 9.13 Å². The van der Waals surface area contributed by atoms with E-state index >= 15 is 0 Å². The van der Waals surface area contributed by atoms with Crippen molar-refractivity contribution in [1.29, 1.82) is 0 Å². The number of carbonyl (C=O) groups excluding carboxylic acids is 1. The van der Waals surface area contributed by atoms with E-state index in [4.69, 9.17) is 0 Å². The van der Waals surface area contributed by atoms with E-state index in [2.05, 4.69) is 10.6 Å². The number of urea groups is 1. The lowest BCUT2D eigenvalue weighted by molar-refractivity contribution is 0.0175. The highest BCUT2D eigenvalue weighted by Crippen LogP contribution is 2.28. The smallest absolute Gasteiger partial charge is 0.308 e. The number of nitrogens with zero attached hydrogens (tertiary/aromatic N) is 2. The number of hydrogen-bond donors (Lipinski definition) is 2. The number of aromatic nitrogens is 2. The van der Waals surface area contributed by atoms with Crippen LogP contribution < -0.4 is 16.3 Å². The van der Waals surface area contributed by atoms with Gasteiger partial charge in [-0.1, -0.05) is 12.1 Å². The fourth-order valence-electron chi connectivity index (χ4n) is 2.75. The first-order valence-electron chi connectivity index (χ1n) is 7.88. The highest BCUT2D eigenvalue weighted by Gasteiger charge is 2.24. The average molecular weight is 360 g/mol. The minimum Gasteiger partial charge on any atom is -0.308 e. The Kier molecular flexibility index (Phi) is 4.27. The van der Waals surface area contributed by atoms with Crippen LogP contribution in [-0.2, 0) is 20.0 Å². The Bertz CT molecular complexity index is 1050. The summed E-state index contributed by atoms with van der Waals surface area (Å²) in [5.41, 5.74) is 1.79. The number of amides is 2. The topological polar surface area (TPSA) is 68.1 Å². The summed E-state index contributed by atoms with van der Waals surface area (Å²) in [4.78, 5) is 24.1. The maximum atomic E-state index is 13.4. The van der Waals surface area contributed by atoms with E-state index in [0.717, 1.165) is 12.4 Å². The van der Waals surface area contributed by atoms with Crippen molar-refractivity contribution in [3.63, 3.8) is 0 Å². The summed E-state index contributed by atoms with van der Waals surface area (Å²) in [6.45, 7) is 0.797. The molecule has 0 spiro atoms. The molecule has 2 aromatic carbocycles. The molecule has 136 valence electrons. The number of alkyl halides is 2. The Balaban J connectivity index is 1.79. The third kappa shape index (κ3) is 3.30. The number of carbonyl (C=O) groups is 1. The monoisotopic (exact) mass is 360 g/mol. The number of rotatable bonds is 3. The molecule has 6 nitrogen and oxygen atoms in total. The fraction of sp³-hybridized carbons (Fsp3) is 0.222. The van der Waals surface area contributed by atoms with E-state index in [1.165, 1.54) is 33.4 Å². The summed E-state index contributed by atoms with van der Waals surface area (Å²) in [5, 5.41) is 5.16. The van der Waals surface area contributed by atoms with Gasteiger partial charge in [0.15, 0.2) is 0 Å². The second-order valence-electron chi connectivity index (χ2n) is 6.15. The van der Waals surface area contributed by atoms with Gasteiger partial charge in [-0.15, -0.1) is 0 Å². The Labute approximate surface area is 148 Å². The molecule has 0 radical (unpaired) electrons. The van der Waals surface area contributed by atoms with E-state index in [0.29, 0.717) is 11.2 Å². The molecule has 0 atom stereocenters. The van der Waals surface area contributed by atoms with E-state index in [-0.39, 0.29) is 16.9 Å². The van der Waals surface area contributed by atoms with Gasteiger partial charge in [-0.2, -0.15) is 0 Å². The molecule has 1 heterocycles. The fourth-order valence-corrected chi connectivity index (χ4v) is 2.75. The highest BCUT2D eigenvalue weighted by atomic mass is 19.3. The average Bonchev–Trinajstić information content (AvgIpc) is 2.78. The normalized spacial score (nSPS) is 11.6. The number of aryl methyl sites for hydroxylation is 2. The van der Waals surface area contributed by atoms with Crippen molar-refractivity contribution >= 4 is 28.4 Å². The molecule has 2 amide bonds. The first-order valence-corrected chi connectivity index (χ1v) is 7.88. The van der Waals surface area contributed by atoms with E-state index < -0.39 is 12.0 Å². The van der Waals surface area contributed by atoms with Gasteiger partial charge in [0.25, 0.3) is 5.92 Å². The number of halogens is 2. The zero-order valence-electron chi connectivity index (χ0n) is 14.5. The number of nitrogens with one attached hydrogen (secondary N) is 2. The number of fused-ring (bicyclic) bond motifs is 1. The molecule has 26 heavy (non-hydrogen) atoms. The molecule has 0 aliphatic heterocycles. The molecule has 8 heteroatoms. The lowest BCUT2D eigenvalue weighted by Gasteiger charge is -2.13. The molecule has 0 saturated heterocycles. The van der Waals surface area contributed by atoms with Crippen LogP contribution in [0.2, 0.25) is 0 Å². The van der Waals surface area contributed by atoms with Crippen LogP contribution in [0.4, 0.5) is 25.0 Å². The lowest BCUT2D eigenvalue weighted by Crippen LogP contribution is -2.20. The van der Waals surface area contributed by atoms with Crippen LogP contribution >= 0.6 is 0 Å². The molecule has 0 bridgehead atoms. The molecular formula is C18H18F2N4O2. The van der Waals surface area contributed by atoms with Crippen molar-refractivity contribution in [2.75, 3.05) is 10.6 Å². The van der Waals surface area contributed by atoms with Crippen molar-refractivity contribution in [3.8, 4) is 0 Å². The zero-order chi connectivity index (χ0) is 19.1. The molecule has 0 aliphatic rings. The molecule has 3 rings (SSSR count). The number of imidazole rings is 1. The van der Waals surface area contributed by atoms with Crippen molar-refractivity contribution in [2.45, 2.75) is 12.8 Å². The van der Waals surface area contributed by atoms with Gasteiger partial charge in [0.1, 0.15) is 0 Å². The summed E-state index contributed by atoms with van der Waals surface area (Å²) in [7, 11) is 3.31. The summed E-state index contributed by atoms with van der Waals surface area (Å²) in [6, 6.07) is 10.0. The number of benzene rings is 2. The van der Waals surface area contributed by atoms with Crippen molar-refractivity contribution in [1.82, 2.24) is 9.13 Å². The predicted molar refractivity (Wildman–Crippen MR) is 96.8 cm³/mol. The lowest BCUT2D eigenvalue weighted by atomic mass is 10.1. The van der Waals surface area contributed by atoms with Crippen LogP contribution in [-0.4, -0.2) is 15.2 Å². The molecule has 0 fully saturated rings. The van der Waals surface area contributed by atoms with Crippen LogP contribution in [0.15, 0.2) is 47.3 Å². The molecule has 0 unspecified atom stereocenters. The van der Waals surface area contributed by atoms with E-state index in [1.807, 2.05) is 0 Å². The van der Waals surface area contributed by atoms with Crippen LogP contribution in [0.25, 0.3) is 11.0 Å². The van der Waals surface area contributed by atoms with Crippen molar-refractivity contribution in [2.24, 2.45) is 14.1 Å². The van der Waals surface area contributed by atoms with Gasteiger partial charge in [-0.25, -0.2) is 18.4 Å². The standard InChI is InChI=1S/C18H18F2N4O2/c1-18(19,20)11-5-4-6-12(9-11)21-16(25)22-13-7-8-14-15(10-13)24(3)17(26)23(14)2/h4-10H,1-3H3,(H2,21,22,25). The quantitative estimate of drug-likeness (QED) is 0.749. The van der Waals surface area contributed by atoms with Crippen LogP contribution in [0, 0.1) is 0 Å².